The van der Waals surface area contributed by atoms with Gasteiger partial charge in [-0.25, -0.2) is 12.8 Å². The first-order chi connectivity index (χ1) is 14.9. The van der Waals surface area contributed by atoms with Gasteiger partial charge in [-0.05, 0) is 60.2 Å². The molecule has 0 aliphatic rings. The zero-order valence-electron chi connectivity index (χ0n) is 16.4. The Balaban J connectivity index is 1.86. The van der Waals surface area contributed by atoms with Gasteiger partial charge in [-0.1, -0.05) is 23.7 Å². The van der Waals surface area contributed by atoms with E-state index >= 15 is 0 Å². The van der Waals surface area contributed by atoms with Gasteiger partial charge in [0.05, 0.1) is 17.5 Å². The zero-order chi connectivity index (χ0) is 22.0. The molecule has 0 N–H and O–H groups in total. The third-order valence-corrected chi connectivity index (χ3v) is 8.07. The second-order valence-electron chi connectivity index (χ2n) is 6.71. The third-order valence-electron chi connectivity index (χ3n) is 4.70. The van der Waals surface area contributed by atoms with E-state index in [4.69, 9.17) is 16.3 Å². The molecule has 0 atom stereocenters. The Kier molecular flexibility index (Phi) is 6.18. The smallest absolute Gasteiger partial charge is 0.209 e. The van der Waals surface area contributed by atoms with Crippen LogP contribution in [0.25, 0.3) is 10.9 Å². The molecule has 0 saturated carbocycles. The fourth-order valence-corrected chi connectivity index (χ4v) is 6.02. The Morgan fingerprint density at radius 3 is 2.42 bits per heavy atom. The molecule has 0 unspecified atom stereocenters. The molecule has 4 nitrogen and oxygen atoms in total. The second kappa shape index (κ2) is 8.86. The molecule has 0 radical (unpaired) electrons. The van der Waals surface area contributed by atoms with Crippen molar-refractivity contribution in [1.29, 1.82) is 0 Å². The average Bonchev–Trinajstić information content (AvgIpc) is 2.78. The van der Waals surface area contributed by atoms with Crippen LogP contribution in [-0.2, 0) is 15.6 Å². The quantitative estimate of drug-likeness (QED) is 0.248. The van der Waals surface area contributed by atoms with Crippen molar-refractivity contribution in [1.82, 2.24) is 4.98 Å². The number of rotatable bonds is 6. The molecule has 4 aromatic rings. The SMILES string of the molecule is COc1ccc2ncc(S(=O)(=O)c3ccc(F)cc3)c(SCc3ccc(Cl)cc3)c2c1. The molecule has 0 fully saturated rings. The summed E-state index contributed by atoms with van der Waals surface area (Å²) in [4.78, 5) is 4.99. The molecular weight excluding hydrogens is 457 g/mol. The summed E-state index contributed by atoms with van der Waals surface area (Å²) in [6.45, 7) is 0. The number of sulfone groups is 1. The molecule has 0 saturated heterocycles. The Bertz CT molecular complexity index is 1340. The number of halogens is 2. The molecule has 3 aromatic carbocycles. The van der Waals surface area contributed by atoms with E-state index in [1.807, 2.05) is 12.1 Å². The van der Waals surface area contributed by atoms with E-state index in [-0.39, 0.29) is 9.79 Å². The van der Waals surface area contributed by atoms with Crippen molar-refractivity contribution in [2.75, 3.05) is 7.11 Å². The minimum atomic E-state index is -3.92. The molecule has 0 spiro atoms. The summed E-state index contributed by atoms with van der Waals surface area (Å²) in [5.74, 6) is 0.621. The largest absolute Gasteiger partial charge is 0.497 e. The molecule has 0 aliphatic heterocycles. The lowest BCUT2D eigenvalue weighted by atomic mass is 10.2. The van der Waals surface area contributed by atoms with E-state index in [9.17, 15) is 12.8 Å². The number of ether oxygens (including phenoxy) is 1. The average molecular weight is 474 g/mol. The van der Waals surface area contributed by atoms with Crippen molar-refractivity contribution in [3.63, 3.8) is 0 Å². The van der Waals surface area contributed by atoms with Gasteiger partial charge < -0.3 is 4.74 Å². The van der Waals surface area contributed by atoms with E-state index in [1.165, 1.54) is 30.1 Å². The van der Waals surface area contributed by atoms with E-state index in [2.05, 4.69) is 4.98 Å². The maximum Gasteiger partial charge on any atom is 0.209 e. The minimum Gasteiger partial charge on any atom is -0.497 e. The molecule has 31 heavy (non-hydrogen) atoms. The van der Waals surface area contributed by atoms with Crippen LogP contribution in [0, 0.1) is 5.82 Å². The van der Waals surface area contributed by atoms with Gasteiger partial charge in [0.1, 0.15) is 16.5 Å². The summed E-state index contributed by atoms with van der Waals surface area (Å²) in [5.41, 5.74) is 1.64. The molecule has 1 aromatic heterocycles. The number of pyridine rings is 1. The fraction of sp³-hybridized carbons (Fsp3) is 0.0870. The van der Waals surface area contributed by atoms with E-state index < -0.39 is 15.7 Å². The normalized spacial score (nSPS) is 11.6. The lowest BCUT2D eigenvalue weighted by Crippen LogP contribution is -2.05. The van der Waals surface area contributed by atoms with Gasteiger partial charge in [0.25, 0.3) is 0 Å². The molecular formula is C23H17ClFNO3S2. The highest BCUT2D eigenvalue weighted by Gasteiger charge is 2.24. The highest BCUT2D eigenvalue weighted by Crippen LogP contribution is 2.38. The fourth-order valence-electron chi connectivity index (χ4n) is 3.07. The Morgan fingerprint density at radius 2 is 1.74 bits per heavy atom. The summed E-state index contributed by atoms with van der Waals surface area (Å²) >= 11 is 7.36. The summed E-state index contributed by atoms with van der Waals surface area (Å²) in [6, 6.07) is 17.5. The van der Waals surface area contributed by atoms with Crippen LogP contribution in [0.1, 0.15) is 5.56 Å². The topological polar surface area (TPSA) is 56.3 Å². The first-order valence-electron chi connectivity index (χ1n) is 9.23. The number of aromatic nitrogens is 1. The molecule has 0 amide bonds. The van der Waals surface area contributed by atoms with Gasteiger partial charge in [0, 0.05) is 27.3 Å². The van der Waals surface area contributed by atoms with E-state index in [0.29, 0.717) is 32.3 Å². The highest BCUT2D eigenvalue weighted by molar-refractivity contribution is 7.99. The maximum atomic E-state index is 13.4. The van der Waals surface area contributed by atoms with Crippen LogP contribution in [0.3, 0.4) is 0 Å². The van der Waals surface area contributed by atoms with Gasteiger partial charge in [0.15, 0.2) is 0 Å². The maximum absolute atomic E-state index is 13.4. The number of methoxy groups -OCH3 is 1. The van der Waals surface area contributed by atoms with Crippen molar-refractivity contribution >= 4 is 44.1 Å². The number of nitrogens with zero attached hydrogens (tertiary/aromatic N) is 1. The van der Waals surface area contributed by atoms with Crippen LogP contribution in [0.5, 0.6) is 5.75 Å². The lowest BCUT2D eigenvalue weighted by molar-refractivity contribution is 0.415. The van der Waals surface area contributed by atoms with Crippen molar-refractivity contribution in [2.24, 2.45) is 0 Å². The molecule has 8 heteroatoms. The van der Waals surface area contributed by atoms with Crippen molar-refractivity contribution in [2.45, 2.75) is 20.4 Å². The summed E-state index contributed by atoms with van der Waals surface area (Å²) in [5, 5.41) is 1.30. The van der Waals surface area contributed by atoms with E-state index in [1.54, 1.807) is 37.4 Å². The molecule has 158 valence electrons. The van der Waals surface area contributed by atoms with Crippen LogP contribution in [0.4, 0.5) is 4.39 Å². The van der Waals surface area contributed by atoms with Crippen molar-refractivity contribution < 1.29 is 17.5 Å². The third kappa shape index (κ3) is 4.54. The monoisotopic (exact) mass is 473 g/mol. The Morgan fingerprint density at radius 1 is 1.03 bits per heavy atom. The van der Waals surface area contributed by atoms with Gasteiger partial charge >= 0.3 is 0 Å². The number of thioether (sulfide) groups is 1. The molecule has 0 aliphatic carbocycles. The Labute approximate surface area is 189 Å². The van der Waals surface area contributed by atoms with Crippen LogP contribution in [0.2, 0.25) is 5.02 Å². The lowest BCUT2D eigenvalue weighted by Gasteiger charge is -2.14. The van der Waals surface area contributed by atoms with E-state index in [0.717, 1.165) is 17.7 Å². The summed E-state index contributed by atoms with van der Waals surface area (Å²) in [6.07, 6.45) is 1.36. The number of benzene rings is 3. The van der Waals surface area contributed by atoms with Crippen molar-refractivity contribution in [3.8, 4) is 5.75 Å². The molecule has 4 rings (SSSR count). The predicted molar refractivity (Wildman–Crippen MR) is 121 cm³/mol. The van der Waals surface area contributed by atoms with Crippen LogP contribution in [-0.4, -0.2) is 20.5 Å². The minimum absolute atomic E-state index is 0.00582. The highest BCUT2D eigenvalue weighted by atomic mass is 35.5. The predicted octanol–water partition coefficient (Wildman–Crippen LogP) is 6.16. The van der Waals surface area contributed by atoms with Gasteiger partial charge in [-0.3, -0.25) is 4.98 Å². The first kappa shape index (κ1) is 21.6. The van der Waals surface area contributed by atoms with Gasteiger partial charge in [-0.15, -0.1) is 11.8 Å². The number of hydrogen-bond donors (Lipinski definition) is 0. The van der Waals surface area contributed by atoms with Crippen LogP contribution < -0.4 is 4.74 Å². The number of hydrogen-bond acceptors (Lipinski definition) is 5. The molecule has 1 heterocycles. The Hall–Kier alpha value is -2.61. The summed E-state index contributed by atoms with van der Waals surface area (Å²) in [7, 11) is -2.37. The van der Waals surface area contributed by atoms with Crippen LogP contribution in [0.15, 0.2) is 87.6 Å². The summed E-state index contributed by atoms with van der Waals surface area (Å²) < 4.78 is 45.5. The second-order valence-corrected chi connectivity index (χ2v) is 10.0. The standard InChI is InChI=1S/C23H17ClFNO3S2/c1-29-18-8-11-21-20(12-18)23(30-14-15-2-4-16(24)5-3-15)22(13-26-21)31(27,28)19-9-6-17(25)7-10-19/h2-13H,14H2,1H3. The van der Waals surface area contributed by atoms with Gasteiger partial charge in [-0.2, -0.15) is 0 Å². The number of fused-ring (bicyclic) bond motifs is 1. The van der Waals surface area contributed by atoms with Crippen molar-refractivity contribution in [3.05, 3.63) is 89.3 Å². The molecule has 0 bridgehead atoms. The first-order valence-corrected chi connectivity index (χ1v) is 12.1. The zero-order valence-corrected chi connectivity index (χ0v) is 18.8. The van der Waals surface area contributed by atoms with Gasteiger partial charge in [0.2, 0.25) is 9.84 Å². The van der Waals surface area contributed by atoms with Crippen LogP contribution >= 0.6 is 23.4 Å².